The van der Waals surface area contributed by atoms with Gasteiger partial charge in [0.2, 0.25) is 5.91 Å². The summed E-state index contributed by atoms with van der Waals surface area (Å²) in [5.41, 5.74) is 1.15. The number of rotatable bonds is 6. The lowest BCUT2D eigenvalue weighted by molar-refractivity contribution is -0.121. The molecule has 3 nitrogen and oxygen atoms in total. The fourth-order valence-electron chi connectivity index (χ4n) is 1.72. The van der Waals surface area contributed by atoms with Gasteiger partial charge in [0.1, 0.15) is 5.82 Å². The molecule has 106 valence electrons. The minimum atomic E-state index is -0.732. The summed E-state index contributed by atoms with van der Waals surface area (Å²) < 4.78 is 13.1. The van der Waals surface area contributed by atoms with Gasteiger partial charge < -0.3 is 10.4 Å². The van der Waals surface area contributed by atoms with Crippen molar-refractivity contribution in [3.05, 3.63) is 35.1 Å². The molecule has 0 fully saturated rings. The van der Waals surface area contributed by atoms with E-state index in [1.54, 1.807) is 19.1 Å². The smallest absolute Gasteiger partial charge is 0.220 e. The molecule has 1 atom stereocenters. The van der Waals surface area contributed by atoms with E-state index in [9.17, 15) is 14.3 Å². The number of aryl methyl sites for hydroxylation is 1. The molecule has 0 radical (unpaired) electrons. The van der Waals surface area contributed by atoms with Crippen LogP contribution >= 0.6 is 0 Å². The Morgan fingerprint density at radius 1 is 1.42 bits per heavy atom. The molecule has 0 aromatic heterocycles. The van der Waals surface area contributed by atoms with E-state index >= 15 is 0 Å². The summed E-state index contributed by atoms with van der Waals surface area (Å²) in [6, 6.07) is 4.51. The monoisotopic (exact) mass is 267 g/mol. The molecule has 0 aliphatic carbocycles. The fourth-order valence-corrected chi connectivity index (χ4v) is 1.72. The molecule has 1 rings (SSSR count). The number of carbonyl (C=O) groups is 1. The van der Waals surface area contributed by atoms with E-state index in [0.29, 0.717) is 30.0 Å². The van der Waals surface area contributed by atoms with Crippen molar-refractivity contribution in [2.24, 2.45) is 5.92 Å². The minimum Gasteiger partial charge on any atom is -0.388 e. The van der Waals surface area contributed by atoms with Crippen molar-refractivity contribution in [3.8, 4) is 0 Å². The van der Waals surface area contributed by atoms with E-state index in [1.165, 1.54) is 6.07 Å². The Hall–Kier alpha value is -1.42. The highest BCUT2D eigenvalue weighted by atomic mass is 19.1. The number of carbonyl (C=O) groups excluding carboxylic acids is 1. The van der Waals surface area contributed by atoms with E-state index < -0.39 is 6.10 Å². The summed E-state index contributed by atoms with van der Waals surface area (Å²) in [7, 11) is 0. The van der Waals surface area contributed by atoms with Crippen LogP contribution in [0, 0.1) is 18.7 Å². The predicted octanol–water partition coefficient (Wildman–Crippen LogP) is 2.72. The van der Waals surface area contributed by atoms with Crippen molar-refractivity contribution in [1.82, 2.24) is 5.32 Å². The van der Waals surface area contributed by atoms with Gasteiger partial charge in [-0.25, -0.2) is 4.39 Å². The maximum atomic E-state index is 13.1. The molecule has 0 spiro atoms. The van der Waals surface area contributed by atoms with E-state index in [-0.39, 0.29) is 18.1 Å². The number of hydrogen-bond donors (Lipinski definition) is 2. The third-order valence-electron chi connectivity index (χ3n) is 2.92. The summed E-state index contributed by atoms with van der Waals surface area (Å²) in [5, 5.41) is 12.8. The molecule has 1 unspecified atom stereocenters. The maximum Gasteiger partial charge on any atom is 0.220 e. The van der Waals surface area contributed by atoms with Crippen molar-refractivity contribution >= 4 is 5.91 Å². The van der Waals surface area contributed by atoms with Crippen LogP contribution in [-0.4, -0.2) is 17.6 Å². The molecule has 1 aromatic carbocycles. The number of amides is 1. The molecule has 1 amide bonds. The number of aliphatic hydroxyl groups excluding tert-OH is 1. The van der Waals surface area contributed by atoms with Crippen LogP contribution in [-0.2, 0) is 4.79 Å². The van der Waals surface area contributed by atoms with E-state index in [0.717, 1.165) is 0 Å². The van der Waals surface area contributed by atoms with Gasteiger partial charge >= 0.3 is 0 Å². The van der Waals surface area contributed by atoms with Crippen LogP contribution < -0.4 is 5.32 Å². The van der Waals surface area contributed by atoms with Crippen LogP contribution in [0.4, 0.5) is 4.39 Å². The third kappa shape index (κ3) is 5.39. The second kappa shape index (κ2) is 7.24. The topological polar surface area (TPSA) is 49.3 Å². The van der Waals surface area contributed by atoms with Gasteiger partial charge in [-0.05, 0) is 36.5 Å². The van der Waals surface area contributed by atoms with Crippen LogP contribution in [0.15, 0.2) is 18.2 Å². The lowest BCUT2D eigenvalue weighted by Crippen LogP contribution is -2.27. The Kier molecular flexibility index (Phi) is 5.96. The highest BCUT2D eigenvalue weighted by molar-refractivity contribution is 5.75. The summed E-state index contributed by atoms with van der Waals surface area (Å²) in [5.74, 6) is 0.0610. The van der Waals surface area contributed by atoms with Crippen molar-refractivity contribution in [2.45, 2.75) is 39.7 Å². The molecular formula is C15H22FNO2. The van der Waals surface area contributed by atoms with Gasteiger partial charge in [0.15, 0.2) is 0 Å². The lowest BCUT2D eigenvalue weighted by atomic mass is 10.0. The molecular weight excluding hydrogens is 245 g/mol. The number of benzene rings is 1. The zero-order valence-electron chi connectivity index (χ0n) is 11.7. The first kappa shape index (κ1) is 15.6. The zero-order valence-corrected chi connectivity index (χ0v) is 11.7. The van der Waals surface area contributed by atoms with Crippen molar-refractivity contribution in [2.75, 3.05) is 6.54 Å². The second-order valence-electron chi connectivity index (χ2n) is 5.26. The molecule has 1 aromatic rings. The Balaban J connectivity index is 2.44. The standard InChI is InChI=1S/C15H22FNO2/c1-10(2)9-17-15(19)7-6-14(18)12-4-5-13(16)11(3)8-12/h4-5,8,10,14,18H,6-7,9H2,1-3H3,(H,17,19). The highest BCUT2D eigenvalue weighted by Gasteiger charge is 2.11. The molecule has 0 heterocycles. The Labute approximate surface area is 113 Å². The van der Waals surface area contributed by atoms with E-state index in [4.69, 9.17) is 0 Å². The van der Waals surface area contributed by atoms with Gasteiger partial charge in [-0.2, -0.15) is 0 Å². The largest absolute Gasteiger partial charge is 0.388 e. The molecule has 0 saturated carbocycles. The Morgan fingerprint density at radius 2 is 2.11 bits per heavy atom. The number of nitrogens with one attached hydrogen (secondary N) is 1. The van der Waals surface area contributed by atoms with Crippen molar-refractivity contribution in [3.63, 3.8) is 0 Å². The summed E-state index contributed by atoms with van der Waals surface area (Å²) >= 11 is 0. The zero-order chi connectivity index (χ0) is 14.4. The van der Waals surface area contributed by atoms with Gasteiger partial charge in [0, 0.05) is 13.0 Å². The minimum absolute atomic E-state index is 0.0633. The first-order chi connectivity index (χ1) is 8.90. The van der Waals surface area contributed by atoms with Gasteiger partial charge in [0.25, 0.3) is 0 Å². The molecule has 0 bridgehead atoms. The fraction of sp³-hybridized carbons (Fsp3) is 0.533. The molecule has 0 saturated heterocycles. The first-order valence-electron chi connectivity index (χ1n) is 6.61. The van der Waals surface area contributed by atoms with Crippen LogP contribution in [0.2, 0.25) is 0 Å². The lowest BCUT2D eigenvalue weighted by Gasteiger charge is -2.12. The molecule has 0 aliphatic rings. The van der Waals surface area contributed by atoms with E-state index in [1.807, 2.05) is 13.8 Å². The number of hydrogen-bond acceptors (Lipinski definition) is 2. The third-order valence-corrected chi connectivity index (χ3v) is 2.92. The molecule has 2 N–H and O–H groups in total. The summed E-state index contributed by atoms with van der Waals surface area (Å²) in [6.45, 7) is 6.35. The SMILES string of the molecule is Cc1cc(C(O)CCC(=O)NCC(C)C)ccc1F. The average molecular weight is 267 g/mol. The summed E-state index contributed by atoms with van der Waals surface area (Å²) in [6.07, 6.45) is -0.122. The van der Waals surface area contributed by atoms with Gasteiger partial charge in [-0.15, -0.1) is 0 Å². The van der Waals surface area contributed by atoms with Crippen molar-refractivity contribution in [1.29, 1.82) is 0 Å². The maximum absolute atomic E-state index is 13.1. The number of aliphatic hydroxyl groups is 1. The first-order valence-corrected chi connectivity index (χ1v) is 6.61. The number of halogens is 1. The van der Waals surface area contributed by atoms with Gasteiger partial charge in [0.05, 0.1) is 6.10 Å². The van der Waals surface area contributed by atoms with Crippen LogP contribution in [0.3, 0.4) is 0 Å². The quantitative estimate of drug-likeness (QED) is 0.832. The molecule has 4 heteroatoms. The van der Waals surface area contributed by atoms with E-state index in [2.05, 4.69) is 5.32 Å². The van der Waals surface area contributed by atoms with Gasteiger partial charge in [-0.3, -0.25) is 4.79 Å². The van der Waals surface area contributed by atoms with Gasteiger partial charge in [-0.1, -0.05) is 26.0 Å². The predicted molar refractivity (Wildman–Crippen MR) is 73.2 cm³/mol. The molecule has 0 aliphatic heterocycles. The average Bonchev–Trinajstić information content (AvgIpc) is 2.36. The van der Waals surface area contributed by atoms with Crippen LogP contribution in [0.1, 0.15) is 43.9 Å². The highest BCUT2D eigenvalue weighted by Crippen LogP contribution is 2.20. The van der Waals surface area contributed by atoms with Crippen molar-refractivity contribution < 1.29 is 14.3 Å². The summed E-state index contributed by atoms with van der Waals surface area (Å²) in [4.78, 5) is 11.5. The Bertz CT molecular complexity index is 432. The Morgan fingerprint density at radius 3 is 2.68 bits per heavy atom. The second-order valence-corrected chi connectivity index (χ2v) is 5.26. The normalized spacial score (nSPS) is 12.5. The molecule has 19 heavy (non-hydrogen) atoms. The van der Waals surface area contributed by atoms with Crippen LogP contribution in [0.5, 0.6) is 0 Å². The van der Waals surface area contributed by atoms with Crippen LogP contribution in [0.25, 0.3) is 0 Å².